The molecular weight excluding hydrogens is 256 g/mol. The van der Waals surface area contributed by atoms with Crippen molar-refractivity contribution in [1.29, 1.82) is 0 Å². The summed E-state index contributed by atoms with van der Waals surface area (Å²) < 4.78 is 7.34. The van der Waals surface area contributed by atoms with Gasteiger partial charge in [-0.3, -0.25) is 9.36 Å². The largest absolute Gasteiger partial charge is 0.490 e. The molecule has 2 aromatic heterocycles. The molecule has 1 fully saturated rings. The van der Waals surface area contributed by atoms with Gasteiger partial charge in [0.25, 0.3) is 5.56 Å². The minimum atomic E-state index is -0.147. The normalized spacial score (nSPS) is 16.0. The average molecular weight is 272 g/mol. The third kappa shape index (κ3) is 2.85. The number of pyridine rings is 1. The predicted molar refractivity (Wildman–Crippen MR) is 74.1 cm³/mol. The van der Waals surface area contributed by atoms with Crippen molar-refractivity contribution in [2.75, 3.05) is 13.1 Å². The summed E-state index contributed by atoms with van der Waals surface area (Å²) in [6.45, 7) is 1.92. The smallest absolute Gasteiger partial charge is 0.258 e. The van der Waals surface area contributed by atoms with Crippen molar-refractivity contribution < 1.29 is 4.74 Å². The Labute approximate surface area is 116 Å². The second-order valence-electron chi connectivity index (χ2n) is 4.73. The first kappa shape index (κ1) is 12.8. The Morgan fingerprint density at radius 2 is 2.00 bits per heavy atom. The minimum absolute atomic E-state index is 0.147. The van der Waals surface area contributed by atoms with Crippen LogP contribution in [0.3, 0.4) is 0 Å². The van der Waals surface area contributed by atoms with E-state index in [-0.39, 0.29) is 11.7 Å². The monoisotopic (exact) mass is 272 g/mol. The molecule has 6 heteroatoms. The van der Waals surface area contributed by atoms with Gasteiger partial charge in [0.1, 0.15) is 18.2 Å². The van der Waals surface area contributed by atoms with E-state index < -0.39 is 0 Å². The summed E-state index contributed by atoms with van der Waals surface area (Å²) in [7, 11) is 0. The van der Waals surface area contributed by atoms with Crippen LogP contribution in [0, 0.1) is 0 Å². The molecule has 0 bridgehead atoms. The second-order valence-corrected chi connectivity index (χ2v) is 4.73. The number of hydrogen-bond donors (Lipinski definition) is 1. The van der Waals surface area contributed by atoms with Gasteiger partial charge in [-0.25, -0.2) is 9.97 Å². The number of nitrogens with zero attached hydrogens (tertiary/aromatic N) is 3. The lowest BCUT2D eigenvalue weighted by Gasteiger charge is -2.23. The molecule has 1 N–H and O–H groups in total. The summed E-state index contributed by atoms with van der Waals surface area (Å²) in [4.78, 5) is 19.9. The third-order valence-electron chi connectivity index (χ3n) is 3.31. The number of ether oxygens (including phenoxy) is 1. The minimum Gasteiger partial charge on any atom is -0.490 e. The molecule has 2 aromatic rings. The van der Waals surface area contributed by atoms with E-state index in [2.05, 4.69) is 15.3 Å². The highest BCUT2D eigenvalue weighted by atomic mass is 16.5. The molecule has 0 atom stereocenters. The third-order valence-corrected chi connectivity index (χ3v) is 3.31. The summed E-state index contributed by atoms with van der Waals surface area (Å²) in [5.41, 5.74) is 0.497. The second kappa shape index (κ2) is 5.83. The molecule has 1 aliphatic heterocycles. The maximum absolute atomic E-state index is 12.1. The van der Waals surface area contributed by atoms with Crippen LogP contribution >= 0.6 is 0 Å². The molecule has 0 unspecified atom stereocenters. The molecule has 104 valence electrons. The van der Waals surface area contributed by atoms with Gasteiger partial charge in [0, 0.05) is 12.3 Å². The fourth-order valence-corrected chi connectivity index (χ4v) is 2.27. The fourth-order valence-electron chi connectivity index (χ4n) is 2.27. The maximum atomic E-state index is 12.1. The van der Waals surface area contributed by atoms with Crippen LogP contribution in [0.25, 0.3) is 5.69 Å². The van der Waals surface area contributed by atoms with E-state index >= 15 is 0 Å². The van der Waals surface area contributed by atoms with Crippen molar-refractivity contribution in [2.24, 2.45) is 0 Å². The molecule has 3 rings (SSSR count). The molecular formula is C14H16N4O2. The zero-order chi connectivity index (χ0) is 13.8. The topological polar surface area (TPSA) is 69.0 Å². The van der Waals surface area contributed by atoms with Gasteiger partial charge in [-0.2, -0.15) is 0 Å². The number of rotatable bonds is 3. The number of aromatic nitrogens is 3. The van der Waals surface area contributed by atoms with Gasteiger partial charge in [-0.05, 0) is 32.0 Å². The van der Waals surface area contributed by atoms with E-state index in [4.69, 9.17) is 4.74 Å². The highest BCUT2D eigenvalue weighted by molar-refractivity contribution is 5.28. The van der Waals surface area contributed by atoms with Crippen LogP contribution in [0.5, 0.6) is 5.75 Å². The number of hydrogen-bond acceptors (Lipinski definition) is 5. The van der Waals surface area contributed by atoms with Crippen molar-refractivity contribution in [3.8, 4) is 11.4 Å². The molecule has 3 heterocycles. The lowest BCUT2D eigenvalue weighted by molar-refractivity contribution is 0.162. The van der Waals surface area contributed by atoms with Gasteiger partial charge in [-0.15, -0.1) is 0 Å². The van der Waals surface area contributed by atoms with E-state index in [1.54, 1.807) is 24.7 Å². The highest BCUT2D eigenvalue weighted by Crippen LogP contribution is 2.15. The van der Waals surface area contributed by atoms with E-state index in [1.807, 2.05) is 0 Å². The summed E-state index contributed by atoms with van der Waals surface area (Å²) in [6.07, 6.45) is 8.45. The Hall–Kier alpha value is -2.21. The molecule has 0 aromatic carbocycles. The molecule has 0 amide bonds. The molecule has 0 aliphatic carbocycles. The SMILES string of the molecule is O=c1cc(OC2CCNCC2)ccn1-c1cncnc1. The van der Waals surface area contributed by atoms with Crippen LogP contribution in [-0.4, -0.2) is 33.7 Å². The lowest BCUT2D eigenvalue weighted by Crippen LogP contribution is -2.34. The van der Waals surface area contributed by atoms with Crippen molar-refractivity contribution in [1.82, 2.24) is 19.9 Å². The fraction of sp³-hybridized carbons (Fsp3) is 0.357. The van der Waals surface area contributed by atoms with Gasteiger partial charge in [0.2, 0.25) is 0 Å². The van der Waals surface area contributed by atoms with Crippen LogP contribution in [0.2, 0.25) is 0 Å². The summed E-state index contributed by atoms with van der Waals surface area (Å²) in [5.74, 6) is 0.620. The maximum Gasteiger partial charge on any atom is 0.258 e. The van der Waals surface area contributed by atoms with Crippen LogP contribution in [0.4, 0.5) is 0 Å². The Bertz CT molecular complexity index is 621. The highest BCUT2D eigenvalue weighted by Gasteiger charge is 2.14. The molecule has 1 aliphatic rings. The summed E-state index contributed by atoms with van der Waals surface area (Å²) in [5, 5.41) is 3.28. The van der Waals surface area contributed by atoms with Crippen molar-refractivity contribution in [3.63, 3.8) is 0 Å². The zero-order valence-electron chi connectivity index (χ0n) is 11.0. The zero-order valence-corrected chi connectivity index (χ0v) is 11.0. The standard InChI is InChI=1S/C14H16N4O2/c19-14-7-13(20-12-1-4-15-5-2-12)3-6-18(14)11-8-16-10-17-9-11/h3,6-10,12,15H,1-2,4-5H2. The molecule has 1 saturated heterocycles. The number of nitrogens with one attached hydrogen (secondary N) is 1. The first-order chi connectivity index (χ1) is 9.83. The molecule has 6 nitrogen and oxygen atoms in total. The van der Waals surface area contributed by atoms with Crippen molar-refractivity contribution in [3.05, 3.63) is 47.4 Å². The lowest BCUT2D eigenvalue weighted by atomic mass is 10.1. The molecule has 0 saturated carbocycles. The van der Waals surface area contributed by atoms with Gasteiger partial charge in [0.05, 0.1) is 18.1 Å². The van der Waals surface area contributed by atoms with Gasteiger partial charge >= 0.3 is 0 Å². The first-order valence-electron chi connectivity index (χ1n) is 6.68. The van der Waals surface area contributed by atoms with E-state index in [0.717, 1.165) is 25.9 Å². The number of piperidine rings is 1. The van der Waals surface area contributed by atoms with Crippen LogP contribution < -0.4 is 15.6 Å². The average Bonchev–Trinajstić information content (AvgIpc) is 2.49. The molecule has 0 radical (unpaired) electrons. The Balaban J connectivity index is 1.79. The van der Waals surface area contributed by atoms with Crippen molar-refractivity contribution >= 4 is 0 Å². The van der Waals surface area contributed by atoms with E-state index in [0.29, 0.717) is 11.4 Å². The van der Waals surface area contributed by atoms with Crippen LogP contribution in [0.1, 0.15) is 12.8 Å². The Morgan fingerprint density at radius 1 is 1.25 bits per heavy atom. The molecule has 0 spiro atoms. The van der Waals surface area contributed by atoms with Crippen LogP contribution in [0.15, 0.2) is 41.8 Å². The van der Waals surface area contributed by atoms with E-state index in [1.165, 1.54) is 17.0 Å². The van der Waals surface area contributed by atoms with Crippen LogP contribution in [-0.2, 0) is 0 Å². The Morgan fingerprint density at radius 3 is 2.70 bits per heavy atom. The van der Waals surface area contributed by atoms with Gasteiger partial charge in [0.15, 0.2) is 0 Å². The van der Waals surface area contributed by atoms with Gasteiger partial charge in [-0.1, -0.05) is 0 Å². The van der Waals surface area contributed by atoms with Gasteiger partial charge < -0.3 is 10.1 Å². The summed E-state index contributed by atoms with van der Waals surface area (Å²) in [6, 6.07) is 3.31. The summed E-state index contributed by atoms with van der Waals surface area (Å²) >= 11 is 0. The molecule has 20 heavy (non-hydrogen) atoms. The van der Waals surface area contributed by atoms with Crippen molar-refractivity contribution in [2.45, 2.75) is 18.9 Å². The quantitative estimate of drug-likeness (QED) is 0.893. The predicted octanol–water partition coefficient (Wildman–Crippen LogP) is 0.758. The Kier molecular flexibility index (Phi) is 3.73. The first-order valence-corrected chi connectivity index (χ1v) is 6.68. The van der Waals surface area contributed by atoms with E-state index in [9.17, 15) is 4.79 Å².